The molecule has 1 N–H and O–H groups in total. The van der Waals surface area contributed by atoms with Gasteiger partial charge in [0.05, 0.1) is 11.5 Å². The summed E-state index contributed by atoms with van der Waals surface area (Å²) in [5, 5.41) is 14.1. The predicted molar refractivity (Wildman–Crippen MR) is 108 cm³/mol. The molecule has 8 nitrogen and oxygen atoms in total. The lowest BCUT2D eigenvalue weighted by Crippen LogP contribution is -2.49. The largest absolute Gasteiger partial charge is 0.366 e. The van der Waals surface area contributed by atoms with Crippen LogP contribution in [-0.4, -0.2) is 53.4 Å². The molecule has 0 aromatic heterocycles. The maximum absolute atomic E-state index is 12.9. The molecule has 1 aliphatic rings. The number of para-hydroxylation sites is 2. The zero-order chi connectivity index (χ0) is 20.9. The Hall–Kier alpha value is -2.64. The fourth-order valence-corrected chi connectivity index (χ4v) is 3.49. The molecule has 0 bridgehead atoms. The quantitative estimate of drug-likeness (QED) is 0.595. The van der Waals surface area contributed by atoms with Gasteiger partial charge in [-0.2, -0.15) is 0 Å². The van der Waals surface area contributed by atoms with Crippen molar-refractivity contribution < 1.29 is 14.5 Å². The first-order valence-electron chi connectivity index (χ1n) is 9.70. The van der Waals surface area contributed by atoms with Gasteiger partial charge in [0.25, 0.3) is 5.69 Å². The molecule has 2 amide bonds. The van der Waals surface area contributed by atoms with Gasteiger partial charge in [0.2, 0.25) is 11.8 Å². The second kappa shape index (κ2) is 9.03. The second-order valence-electron chi connectivity index (χ2n) is 8.16. The van der Waals surface area contributed by atoms with Crippen LogP contribution >= 0.6 is 0 Å². The molecule has 0 saturated carbocycles. The van der Waals surface area contributed by atoms with E-state index in [-0.39, 0.29) is 40.4 Å². The summed E-state index contributed by atoms with van der Waals surface area (Å²) < 4.78 is 0. The molecule has 1 saturated heterocycles. The molecule has 0 aliphatic carbocycles. The molecule has 1 aliphatic heterocycles. The van der Waals surface area contributed by atoms with Gasteiger partial charge in [0.1, 0.15) is 5.69 Å². The number of benzene rings is 1. The van der Waals surface area contributed by atoms with Gasteiger partial charge in [0.15, 0.2) is 0 Å². The normalized spacial score (nSPS) is 15.2. The number of nitrogens with zero attached hydrogens (tertiary/aromatic N) is 3. The van der Waals surface area contributed by atoms with Crippen LogP contribution in [0.1, 0.15) is 40.5 Å². The van der Waals surface area contributed by atoms with Crippen molar-refractivity contribution in [1.29, 1.82) is 0 Å². The molecule has 1 fully saturated rings. The van der Waals surface area contributed by atoms with E-state index in [0.717, 1.165) is 0 Å². The van der Waals surface area contributed by atoms with Crippen LogP contribution in [0.3, 0.4) is 0 Å². The molecule has 0 radical (unpaired) electrons. The minimum Gasteiger partial charge on any atom is -0.366 e. The monoisotopic (exact) mass is 390 g/mol. The minimum atomic E-state index is -0.376. The molecular formula is C20H30N4O4. The Kier molecular flexibility index (Phi) is 6.99. The van der Waals surface area contributed by atoms with Crippen molar-refractivity contribution in [2.75, 3.05) is 31.1 Å². The van der Waals surface area contributed by atoms with E-state index < -0.39 is 0 Å². The van der Waals surface area contributed by atoms with Gasteiger partial charge in [-0.25, -0.2) is 0 Å². The van der Waals surface area contributed by atoms with Crippen molar-refractivity contribution in [2.45, 2.75) is 46.1 Å². The number of anilines is 1. The third-order valence-corrected chi connectivity index (χ3v) is 4.81. The van der Waals surface area contributed by atoms with Crippen molar-refractivity contribution in [3.63, 3.8) is 0 Å². The van der Waals surface area contributed by atoms with E-state index in [9.17, 15) is 19.7 Å². The average molecular weight is 390 g/mol. The van der Waals surface area contributed by atoms with Crippen LogP contribution < -0.4 is 10.2 Å². The van der Waals surface area contributed by atoms with Crippen LogP contribution in [0.25, 0.3) is 0 Å². The summed E-state index contributed by atoms with van der Waals surface area (Å²) in [6, 6.07) is 6.68. The molecule has 1 aromatic carbocycles. The number of hydrogen-bond donors (Lipinski definition) is 1. The summed E-state index contributed by atoms with van der Waals surface area (Å²) in [4.78, 5) is 39.5. The van der Waals surface area contributed by atoms with Crippen LogP contribution in [0.15, 0.2) is 24.3 Å². The number of nitro groups is 1. The van der Waals surface area contributed by atoms with Gasteiger partial charge in [0, 0.05) is 37.2 Å². The molecule has 0 atom stereocenters. The smallest absolute Gasteiger partial charge is 0.292 e. The highest BCUT2D eigenvalue weighted by Crippen LogP contribution is 2.31. The van der Waals surface area contributed by atoms with E-state index in [0.29, 0.717) is 38.2 Å². The van der Waals surface area contributed by atoms with Crippen molar-refractivity contribution in [2.24, 2.45) is 5.92 Å². The maximum Gasteiger partial charge on any atom is 0.292 e. The average Bonchev–Trinajstić information content (AvgIpc) is 2.64. The highest BCUT2D eigenvalue weighted by molar-refractivity contribution is 5.86. The van der Waals surface area contributed by atoms with E-state index in [1.807, 2.05) is 32.6 Å². The predicted octanol–water partition coefficient (Wildman–Crippen LogP) is 2.57. The highest BCUT2D eigenvalue weighted by Gasteiger charge is 2.31. The highest BCUT2D eigenvalue weighted by atomic mass is 16.6. The fraction of sp³-hybridized carbons (Fsp3) is 0.600. The molecule has 154 valence electrons. The number of nitrogens with one attached hydrogen (secondary N) is 1. The van der Waals surface area contributed by atoms with Crippen molar-refractivity contribution in [3.8, 4) is 0 Å². The van der Waals surface area contributed by atoms with Crippen molar-refractivity contribution in [1.82, 2.24) is 10.2 Å². The molecule has 1 heterocycles. The summed E-state index contributed by atoms with van der Waals surface area (Å²) in [5.74, 6) is -0.352. The van der Waals surface area contributed by atoms with Crippen LogP contribution in [0.5, 0.6) is 0 Å². The summed E-state index contributed by atoms with van der Waals surface area (Å²) in [6.45, 7) is 9.26. The van der Waals surface area contributed by atoms with E-state index in [1.165, 1.54) is 6.07 Å². The summed E-state index contributed by atoms with van der Waals surface area (Å²) in [5.41, 5.74) is 0.339. The van der Waals surface area contributed by atoms with E-state index in [2.05, 4.69) is 5.32 Å². The number of carbonyl (C=O) groups is 2. The topological polar surface area (TPSA) is 95.8 Å². The molecule has 0 spiro atoms. The minimum absolute atomic E-state index is 0.0197. The SMILES string of the molecule is CCN(CC(=O)NC(C)(C)C)C(=O)C1CCN(c2ccccc2[N+](=O)[O-])CC1. The van der Waals surface area contributed by atoms with Gasteiger partial charge in [-0.05, 0) is 46.6 Å². The first kappa shape index (κ1) is 21.7. The first-order chi connectivity index (χ1) is 13.1. The zero-order valence-corrected chi connectivity index (χ0v) is 17.1. The molecule has 2 rings (SSSR count). The molecule has 28 heavy (non-hydrogen) atoms. The second-order valence-corrected chi connectivity index (χ2v) is 8.16. The maximum atomic E-state index is 12.9. The number of hydrogen-bond acceptors (Lipinski definition) is 5. The Bertz CT molecular complexity index is 721. The van der Waals surface area contributed by atoms with Crippen LogP contribution in [0.2, 0.25) is 0 Å². The van der Waals surface area contributed by atoms with E-state index >= 15 is 0 Å². The summed E-state index contributed by atoms with van der Waals surface area (Å²) in [6.07, 6.45) is 1.23. The third kappa shape index (κ3) is 5.68. The lowest BCUT2D eigenvalue weighted by Gasteiger charge is -2.35. The van der Waals surface area contributed by atoms with Gasteiger partial charge in [-0.15, -0.1) is 0 Å². The Morgan fingerprint density at radius 3 is 2.39 bits per heavy atom. The van der Waals surface area contributed by atoms with E-state index in [1.54, 1.807) is 23.1 Å². The Balaban J connectivity index is 1.97. The van der Waals surface area contributed by atoms with Crippen LogP contribution in [-0.2, 0) is 9.59 Å². The summed E-state index contributed by atoms with van der Waals surface area (Å²) >= 11 is 0. The van der Waals surface area contributed by atoms with Crippen molar-refractivity contribution >= 4 is 23.2 Å². The van der Waals surface area contributed by atoms with Crippen LogP contribution in [0.4, 0.5) is 11.4 Å². The molecule has 1 aromatic rings. The number of carbonyl (C=O) groups excluding carboxylic acids is 2. The number of piperidine rings is 1. The number of amides is 2. The molecular weight excluding hydrogens is 360 g/mol. The van der Waals surface area contributed by atoms with E-state index in [4.69, 9.17) is 0 Å². The Labute approximate surface area is 166 Å². The van der Waals surface area contributed by atoms with Crippen molar-refractivity contribution in [3.05, 3.63) is 34.4 Å². The van der Waals surface area contributed by atoms with Gasteiger partial charge in [-0.3, -0.25) is 19.7 Å². The first-order valence-corrected chi connectivity index (χ1v) is 9.70. The van der Waals surface area contributed by atoms with Gasteiger partial charge >= 0.3 is 0 Å². The number of nitro benzene ring substituents is 1. The Morgan fingerprint density at radius 1 is 1.25 bits per heavy atom. The number of likely N-dealkylation sites (N-methyl/N-ethyl adjacent to an activating group) is 1. The van der Waals surface area contributed by atoms with Gasteiger partial charge in [-0.1, -0.05) is 12.1 Å². The van der Waals surface area contributed by atoms with Crippen LogP contribution in [0, 0.1) is 16.0 Å². The zero-order valence-electron chi connectivity index (χ0n) is 17.1. The molecule has 8 heteroatoms. The lowest BCUT2D eigenvalue weighted by atomic mass is 9.94. The standard InChI is InChI=1S/C20H30N4O4/c1-5-22(14-18(25)21-20(2,3)4)19(26)15-10-12-23(13-11-15)16-8-6-7-9-17(16)24(27)28/h6-9,15H,5,10-14H2,1-4H3,(H,21,25). The fourth-order valence-electron chi connectivity index (χ4n) is 3.49. The summed E-state index contributed by atoms with van der Waals surface area (Å²) in [7, 11) is 0. The third-order valence-electron chi connectivity index (χ3n) is 4.81. The molecule has 0 unspecified atom stereocenters. The van der Waals surface area contributed by atoms with Gasteiger partial charge < -0.3 is 15.1 Å². The Morgan fingerprint density at radius 2 is 1.86 bits per heavy atom. The lowest BCUT2D eigenvalue weighted by molar-refractivity contribution is -0.384. The number of rotatable bonds is 6.